The lowest BCUT2D eigenvalue weighted by atomic mass is 10.3. The number of aryl methyl sites for hydroxylation is 1. The molecule has 1 heterocycles. The SMILES string of the molecule is Cc1cc(C#N)nc(NCC(O)CO)n1. The Kier molecular flexibility index (Phi) is 3.97. The molecule has 0 bridgehead atoms. The van der Waals surface area contributed by atoms with Gasteiger partial charge in [-0.1, -0.05) is 0 Å². The van der Waals surface area contributed by atoms with Gasteiger partial charge in [-0.2, -0.15) is 5.26 Å². The first-order valence-electron chi connectivity index (χ1n) is 4.44. The second-order valence-corrected chi connectivity index (χ2v) is 3.05. The van der Waals surface area contributed by atoms with Gasteiger partial charge in [0, 0.05) is 12.2 Å². The Morgan fingerprint density at radius 1 is 1.60 bits per heavy atom. The Morgan fingerprint density at radius 2 is 2.33 bits per heavy atom. The molecule has 1 atom stereocenters. The molecule has 1 unspecified atom stereocenters. The number of anilines is 1. The van der Waals surface area contributed by atoms with Crippen LogP contribution < -0.4 is 5.32 Å². The molecule has 6 heteroatoms. The zero-order valence-electron chi connectivity index (χ0n) is 8.30. The fourth-order valence-corrected chi connectivity index (χ4v) is 0.979. The van der Waals surface area contributed by atoms with E-state index in [1.807, 2.05) is 6.07 Å². The number of aliphatic hydroxyl groups is 2. The Hall–Kier alpha value is -1.71. The van der Waals surface area contributed by atoms with Gasteiger partial charge >= 0.3 is 0 Å². The third-order valence-electron chi connectivity index (χ3n) is 1.68. The number of aromatic nitrogens is 2. The summed E-state index contributed by atoms with van der Waals surface area (Å²) in [5, 5.41) is 29.0. The monoisotopic (exact) mass is 208 g/mol. The molecule has 6 nitrogen and oxygen atoms in total. The van der Waals surface area contributed by atoms with Crippen LogP contribution in [0.5, 0.6) is 0 Å². The number of nitriles is 1. The van der Waals surface area contributed by atoms with Gasteiger partial charge in [0.15, 0.2) is 0 Å². The van der Waals surface area contributed by atoms with Gasteiger partial charge in [0.05, 0.1) is 12.7 Å². The molecule has 0 saturated carbocycles. The molecular weight excluding hydrogens is 196 g/mol. The van der Waals surface area contributed by atoms with Crippen molar-refractivity contribution in [3.05, 3.63) is 17.5 Å². The maximum Gasteiger partial charge on any atom is 0.224 e. The van der Waals surface area contributed by atoms with E-state index in [2.05, 4.69) is 15.3 Å². The molecule has 80 valence electrons. The first kappa shape index (κ1) is 11.4. The van der Waals surface area contributed by atoms with Crippen LogP contribution >= 0.6 is 0 Å². The lowest BCUT2D eigenvalue weighted by molar-refractivity contribution is 0.105. The van der Waals surface area contributed by atoms with Gasteiger partial charge in [-0.25, -0.2) is 9.97 Å². The van der Waals surface area contributed by atoms with Crippen molar-refractivity contribution in [2.75, 3.05) is 18.5 Å². The molecule has 0 aromatic carbocycles. The van der Waals surface area contributed by atoms with Gasteiger partial charge in [0.2, 0.25) is 5.95 Å². The van der Waals surface area contributed by atoms with E-state index in [-0.39, 0.29) is 24.8 Å². The van der Waals surface area contributed by atoms with Crippen molar-refractivity contribution in [3.8, 4) is 6.07 Å². The zero-order valence-corrected chi connectivity index (χ0v) is 8.30. The molecule has 0 aliphatic rings. The van der Waals surface area contributed by atoms with E-state index in [1.165, 1.54) is 0 Å². The fourth-order valence-electron chi connectivity index (χ4n) is 0.979. The maximum absolute atomic E-state index is 9.08. The van der Waals surface area contributed by atoms with Crippen molar-refractivity contribution < 1.29 is 10.2 Å². The van der Waals surface area contributed by atoms with Crippen molar-refractivity contribution in [1.29, 1.82) is 5.26 Å². The Labute approximate surface area is 87.2 Å². The number of rotatable bonds is 4. The van der Waals surface area contributed by atoms with Crippen molar-refractivity contribution in [2.24, 2.45) is 0 Å². The smallest absolute Gasteiger partial charge is 0.224 e. The van der Waals surface area contributed by atoms with E-state index in [0.717, 1.165) is 0 Å². The molecule has 3 N–H and O–H groups in total. The topological polar surface area (TPSA) is 102 Å². The third-order valence-corrected chi connectivity index (χ3v) is 1.68. The minimum atomic E-state index is -0.861. The summed E-state index contributed by atoms with van der Waals surface area (Å²) >= 11 is 0. The van der Waals surface area contributed by atoms with Crippen molar-refractivity contribution >= 4 is 5.95 Å². The maximum atomic E-state index is 9.08. The predicted molar refractivity (Wildman–Crippen MR) is 53.1 cm³/mol. The van der Waals surface area contributed by atoms with Crippen LogP contribution in [0.25, 0.3) is 0 Å². The van der Waals surface area contributed by atoms with E-state index in [0.29, 0.717) is 5.69 Å². The lowest BCUT2D eigenvalue weighted by Gasteiger charge is -2.08. The normalized spacial score (nSPS) is 11.9. The summed E-state index contributed by atoms with van der Waals surface area (Å²) in [5.74, 6) is 0.277. The van der Waals surface area contributed by atoms with Crippen molar-refractivity contribution in [2.45, 2.75) is 13.0 Å². The summed E-state index contributed by atoms with van der Waals surface area (Å²) in [5.41, 5.74) is 0.936. The highest BCUT2D eigenvalue weighted by Crippen LogP contribution is 2.03. The molecule has 0 fully saturated rings. The Morgan fingerprint density at radius 3 is 2.93 bits per heavy atom. The summed E-state index contributed by atoms with van der Waals surface area (Å²) in [6, 6.07) is 3.47. The second-order valence-electron chi connectivity index (χ2n) is 3.05. The molecule has 0 aliphatic carbocycles. The zero-order chi connectivity index (χ0) is 11.3. The first-order valence-corrected chi connectivity index (χ1v) is 4.44. The molecular formula is C9H12N4O2. The van der Waals surface area contributed by atoms with Crippen molar-refractivity contribution in [1.82, 2.24) is 9.97 Å². The molecule has 0 radical (unpaired) electrons. The highest BCUT2D eigenvalue weighted by Gasteiger charge is 2.04. The van der Waals surface area contributed by atoms with E-state index in [4.69, 9.17) is 15.5 Å². The van der Waals surface area contributed by atoms with Gasteiger partial charge in [-0.05, 0) is 13.0 Å². The van der Waals surface area contributed by atoms with Gasteiger partial charge in [0.1, 0.15) is 11.8 Å². The fraction of sp³-hybridized carbons (Fsp3) is 0.444. The average Bonchev–Trinajstić information content (AvgIpc) is 2.25. The summed E-state index contributed by atoms with van der Waals surface area (Å²) in [6.45, 7) is 1.56. The third kappa shape index (κ3) is 3.50. The van der Waals surface area contributed by atoms with E-state index >= 15 is 0 Å². The van der Waals surface area contributed by atoms with E-state index in [1.54, 1.807) is 13.0 Å². The summed E-state index contributed by atoms with van der Waals surface area (Å²) < 4.78 is 0. The number of hydrogen-bond donors (Lipinski definition) is 3. The summed E-state index contributed by atoms with van der Waals surface area (Å²) in [7, 11) is 0. The van der Waals surface area contributed by atoms with Crippen LogP contribution in [0, 0.1) is 18.3 Å². The lowest BCUT2D eigenvalue weighted by Crippen LogP contribution is -2.24. The van der Waals surface area contributed by atoms with Crippen LogP contribution in [0.3, 0.4) is 0 Å². The van der Waals surface area contributed by atoms with Gasteiger partial charge in [-0.3, -0.25) is 0 Å². The molecule has 1 aromatic heterocycles. The Balaban J connectivity index is 2.69. The minimum absolute atomic E-state index is 0.144. The number of nitrogens with zero attached hydrogens (tertiary/aromatic N) is 3. The van der Waals surface area contributed by atoms with Crippen LogP contribution in [0.2, 0.25) is 0 Å². The molecule has 0 amide bonds. The van der Waals surface area contributed by atoms with Gasteiger partial charge < -0.3 is 15.5 Å². The largest absolute Gasteiger partial charge is 0.394 e. The molecule has 15 heavy (non-hydrogen) atoms. The molecule has 1 aromatic rings. The Bertz CT molecular complexity index is 375. The van der Waals surface area contributed by atoms with Gasteiger partial charge in [-0.15, -0.1) is 0 Å². The summed E-state index contributed by atoms with van der Waals surface area (Å²) in [4.78, 5) is 7.90. The number of nitrogens with one attached hydrogen (secondary N) is 1. The van der Waals surface area contributed by atoms with Crippen LogP contribution in [0.1, 0.15) is 11.4 Å². The molecule has 0 saturated heterocycles. The quantitative estimate of drug-likeness (QED) is 0.612. The standard InChI is InChI=1S/C9H12N4O2/c1-6-2-7(3-10)13-9(12-6)11-4-8(15)5-14/h2,8,14-15H,4-5H2,1H3,(H,11,12,13). The minimum Gasteiger partial charge on any atom is -0.394 e. The predicted octanol–water partition coefficient (Wildman–Crippen LogP) is -0.578. The van der Waals surface area contributed by atoms with Gasteiger partial charge in [0.25, 0.3) is 0 Å². The van der Waals surface area contributed by atoms with Crippen LogP contribution in [-0.2, 0) is 0 Å². The average molecular weight is 208 g/mol. The van der Waals surface area contributed by atoms with Crippen molar-refractivity contribution in [3.63, 3.8) is 0 Å². The molecule has 0 spiro atoms. The molecule has 0 aliphatic heterocycles. The second kappa shape index (κ2) is 5.24. The van der Waals surface area contributed by atoms with Crippen LogP contribution in [0.15, 0.2) is 6.07 Å². The van der Waals surface area contributed by atoms with E-state index in [9.17, 15) is 0 Å². The number of hydrogen-bond acceptors (Lipinski definition) is 6. The first-order chi connectivity index (χ1) is 7.15. The highest BCUT2D eigenvalue weighted by atomic mass is 16.3. The van der Waals surface area contributed by atoms with Crippen LogP contribution in [0.4, 0.5) is 5.95 Å². The highest BCUT2D eigenvalue weighted by molar-refractivity contribution is 5.32. The number of aliphatic hydroxyl groups excluding tert-OH is 2. The van der Waals surface area contributed by atoms with Crippen LogP contribution in [-0.4, -0.2) is 39.4 Å². The van der Waals surface area contributed by atoms with E-state index < -0.39 is 6.10 Å². The molecule has 1 rings (SSSR count). The summed E-state index contributed by atoms with van der Waals surface area (Å²) in [6.07, 6.45) is -0.861.